The highest BCUT2D eigenvalue weighted by atomic mass is 16.5. The van der Waals surface area contributed by atoms with E-state index in [2.05, 4.69) is 35.5 Å². The predicted octanol–water partition coefficient (Wildman–Crippen LogP) is 2.39. The second-order valence-corrected chi connectivity index (χ2v) is 5.03. The molecule has 1 aromatic carbocycles. The Morgan fingerprint density at radius 3 is 3.05 bits per heavy atom. The minimum Gasteiger partial charge on any atom is -0.496 e. The van der Waals surface area contributed by atoms with Crippen LogP contribution in [0.4, 0.5) is 0 Å². The SMILES string of the molecule is CNC1CCCN(C/C=C/c2ccccc2OC)C1. The van der Waals surface area contributed by atoms with Crippen molar-refractivity contribution in [2.75, 3.05) is 33.8 Å². The van der Waals surface area contributed by atoms with Crippen molar-refractivity contribution in [3.05, 3.63) is 35.9 Å². The third-order valence-electron chi connectivity index (χ3n) is 3.71. The van der Waals surface area contributed by atoms with E-state index in [-0.39, 0.29) is 0 Å². The quantitative estimate of drug-likeness (QED) is 0.880. The minimum atomic E-state index is 0.647. The van der Waals surface area contributed by atoms with E-state index >= 15 is 0 Å². The molecule has 0 amide bonds. The van der Waals surface area contributed by atoms with E-state index in [0.717, 1.165) is 24.4 Å². The molecule has 1 saturated heterocycles. The van der Waals surface area contributed by atoms with Crippen molar-refractivity contribution in [3.63, 3.8) is 0 Å². The van der Waals surface area contributed by atoms with Crippen molar-refractivity contribution >= 4 is 6.08 Å². The van der Waals surface area contributed by atoms with Crippen LogP contribution in [0.25, 0.3) is 6.08 Å². The molecule has 1 aliphatic rings. The fourth-order valence-electron chi connectivity index (χ4n) is 2.59. The van der Waals surface area contributed by atoms with Gasteiger partial charge >= 0.3 is 0 Å². The number of nitrogens with one attached hydrogen (secondary N) is 1. The third kappa shape index (κ3) is 4.08. The predicted molar refractivity (Wildman–Crippen MR) is 80.5 cm³/mol. The molecule has 3 heteroatoms. The molecule has 0 aliphatic carbocycles. The van der Waals surface area contributed by atoms with Crippen LogP contribution in [0.5, 0.6) is 5.75 Å². The van der Waals surface area contributed by atoms with Crippen LogP contribution >= 0.6 is 0 Å². The molecule has 0 spiro atoms. The van der Waals surface area contributed by atoms with Gasteiger partial charge in [-0.2, -0.15) is 0 Å². The van der Waals surface area contributed by atoms with Gasteiger partial charge in [0.25, 0.3) is 0 Å². The van der Waals surface area contributed by atoms with Gasteiger partial charge in [-0.25, -0.2) is 0 Å². The maximum atomic E-state index is 5.35. The monoisotopic (exact) mass is 260 g/mol. The first kappa shape index (κ1) is 14.1. The average Bonchev–Trinajstić information content (AvgIpc) is 2.48. The second kappa shape index (κ2) is 7.31. The van der Waals surface area contributed by atoms with Gasteiger partial charge in [0.1, 0.15) is 5.75 Å². The summed E-state index contributed by atoms with van der Waals surface area (Å²) in [5, 5.41) is 3.37. The molecule has 0 aromatic heterocycles. The Morgan fingerprint density at radius 2 is 2.26 bits per heavy atom. The number of nitrogens with zero attached hydrogens (tertiary/aromatic N) is 1. The summed E-state index contributed by atoms with van der Waals surface area (Å²) in [6.07, 6.45) is 6.97. The van der Waals surface area contributed by atoms with E-state index in [9.17, 15) is 0 Å². The largest absolute Gasteiger partial charge is 0.496 e. The normalized spacial score (nSPS) is 20.8. The summed E-state index contributed by atoms with van der Waals surface area (Å²) >= 11 is 0. The van der Waals surface area contributed by atoms with E-state index in [1.807, 2.05) is 18.2 Å². The van der Waals surface area contributed by atoms with Gasteiger partial charge in [-0.15, -0.1) is 0 Å². The lowest BCUT2D eigenvalue weighted by atomic mass is 10.1. The lowest BCUT2D eigenvalue weighted by Gasteiger charge is -2.31. The summed E-state index contributed by atoms with van der Waals surface area (Å²) in [5.74, 6) is 0.936. The molecule has 1 heterocycles. The van der Waals surface area contributed by atoms with E-state index < -0.39 is 0 Å². The standard InChI is InChI=1S/C16H24N2O/c1-17-15-9-6-12-18(13-15)11-5-8-14-7-3-4-10-16(14)19-2/h3-5,7-8,10,15,17H,6,9,11-13H2,1-2H3/b8-5+. The maximum Gasteiger partial charge on any atom is 0.126 e. The second-order valence-electron chi connectivity index (χ2n) is 5.03. The summed E-state index contributed by atoms with van der Waals surface area (Å²) in [6.45, 7) is 3.36. The number of hydrogen-bond acceptors (Lipinski definition) is 3. The molecule has 0 saturated carbocycles. The Morgan fingerprint density at radius 1 is 1.42 bits per heavy atom. The summed E-state index contributed by atoms with van der Waals surface area (Å²) in [6, 6.07) is 8.77. The molecule has 2 rings (SSSR count). The van der Waals surface area contributed by atoms with Crippen LogP contribution in [-0.4, -0.2) is 44.7 Å². The fourth-order valence-corrected chi connectivity index (χ4v) is 2.59. The zero-order valence-corrected chi connectivity index (χ0v) is 11.9. The topological polar surface area (TPSA) is 24.5 Å². The van der Waals surface area contributed by atoms with Crippen molar-refractivity contribution in [3.8, 4) is 5.75 Å². The Kier molecular flexibility index (Phi) is 5.43. The summed E-state index contributed by atoms with van der Waals surface area (Å²) in [5.41, 5.74) is 1.15. The molecule has 1 N–H and O–H groups in total. The van der Waals surface area contributed by atoms with Gasteiger partial charge in [0.15, 0.2) is 0 Å². The van der Waals surface area contributed by atoms with Crippen LogP contribution in [0, 0.1) is 0 Å². The molecular formula is C16H24N2O. The molecule has 19 heavy (non-hydrogen) atoms. The van der Waals surface area contributed by atoms with Gasteiger partial charge in [0, 0.05) is 24.7 Å². The van der Waals surface area contributed by atoms with Gasteiger partial charge in [-0.1, -0.05) is 30.4 Å². The zero-order chi connectivity index (χ0) is 13.5. The molecule has 1 aliphatic heterocycles. The highest BCUT2D eigenvalue weighted by Crippen LogP contribution is 2.18. The van der Waals surface area contributed by atoms with Gasteiger partial charge in [-0.3, -0.25) is 4.90 Å². The first-order valence-corrected chi connectivity index (χ1v) is 7.02. The maximum absolute atomic E-state index is 5.35. The Bertz CT molecular complexity index is 417. The molecule has 3 nitrogen and oxygen atoms in total. The van der Waals surface area contributed by atoms with Crippen LogP contribution in [0.1, 0.15) is 18.4 Å². The molecule has 0 radical (unpaired) electrons. The fraction of sp³-hybridized carbons (Fsp3) is 0.500. The first-order valence-electron chi connectivity index (χ1n) is 7.02. The van der Waals surface area contributed by atoms with Crippen molar-refractivity contribution in [2.24, 2.45) is 0 Å². The number of methoxy groups -OCH3 is 1. The third-order valence-corrected chi connectivity index (χ3v) is 3.71. The average molecular weight is 260 g/mol. The van der Waals surface area contributed by atoms with E-state index in [1.165, 1.54) is 19.4 Å². The summed E-state index contributed by atoms with van der Waals surface area (Å²) in [4.78, 5) is 2.50. The van der Waals surface area contributed by atoms with E-state index in [1.54, 1.807) is 7.11 Å². The van der Waals surface area contributed by atoms with Gasteiger partial charge in [0.2, 0.25) is 0 Å². The smallest absolute Gasteiger partial charge is 0.126 e. The number of likely N-dealkylation sites (N-methyl/N-ethyl adjacent to an activating group) is 1. The number of likely N-dealkylation sites (tertiary alicyclic amines) is 1. The van der Waals surface area contributed by atoms with E-state index in [4.69, 9.17) is 4.74 Å². The van der Waals surface area contributed by atoms with Crippen molar-refractivity contribution in [1.29, 1.82) is 0 Å². The first-order chi connectivity index (χ1) is 9.33. The van der Waals surface area contributed by atoms with Gasteiger partial charge in [-0.05, 0) is 32.5 Å². The summed E-state index contributed by atoms with van der Waals surface area (Å²) in [7, 11) is 3.77. The number of hydrogen-bond donors (Lipinski definition) is 1. The number of para-hydroxylation sites is 1. The Balaban J connectivity index is 1.89. The molecule has 1 atom stereocenters. The Labute approximate surface area is 116 Å². The van der Waals surface area contributed by atoms with Gasteiger partial charge in [0.05, 0.1) is 7.11 Å². The lowest BCUT2D eigenvalue weighted by Crippen LogP contribution is -2.44. The Hall–Kier alpha value is -1.32. The van der Waals surface area contributed by atoms with Crippen LogP contribution in [-0.2, 0) is 0 Å². The molecule has 1 aromatic rings. The van der Waals surface area contributed by atoms with Crippen LogP contribution in [0.2, 0.25) is 0 Å². The van der Waals surface area contributed by atoms with Crippen LogP contribution in [0.3, 0.4) is 0 Å². The summed E-state index contributed by atoms with van der Waals surface area (Å²) < 4.78 is 5.35. The molecular weight excluding hydrogens is 236 g/mol. The number of rotatable bonds is 5. The lowest BCUT2D eigenvalue weighted by molar-refractivity contribution is 0.213. The molecule has 1 fully saturated rings. The zero-order valence-electron chi connectivity index (χ0n) is 11.9. The minimum absolute atomic E-state index is 0.647. The van der Waals surface area contributed by atoms with Gasteiger partial charge < -0.3 is 10.1 Å². The highest BCUT2D eigenvalue weighted by Gasteiger charge is 2.16. The van der Waals surface area contributed by atoms with Crippen molar-refractivity contribution in [1.82, 2.24) is 10.2 Å². The van der Waals surface area contributed by atoms with Crippen LogP contribution < -0.4 is 10.1 Å². The molecule has 104 valence electrons. The van der Waals surface area contributed by atoms with Crippen LogP contribution in [0.15, 0.2) is 30.3 Å². The van der Waals surface area contributed by atoms with Crippen molar-refractivity contribution in [2.45, 2.75) is 18.9 Å². The number of ether oxygens (including phenoxy) is 1. The molecule has 1 unspecified atom stereocenters. The number of piperidine rings is 1. The highest BCUT2D eigenvalue weighted by molar-refractivity contribution is 5.57. The van der Waals surface area contributed by atoms with Crippen molar-refractivity contribution < 1.29 is 4.74 Å². The van der Waals surface area contributed by atoms with E-state index in [0.29, 0.717) is 6.04 Å². The number of benzene rings is 1. The molecule has 0 bridgehead atoms.